The molecule has 8 nitrogen and oxygen atoms in total. The Morgan fingerprint density at radius 3 is 2.07 bits per heavy atom. The molecule has 1 aliphatic heterocycles. The topological polar surface area (TPSA) is 72.0 Å². The highest BCUT2D eigenvalue weighted by atomic mass is 16.5. The van der Waals surface area contributed by atoms with Gasteiger partial charge in [0.05, 0.1) is 21.3 Å². The van der Waals surface area contributed by atoms with Crippen molar-refractivity contribution in [2.24, 2.45) is 0 Å². The van der Waals surface area contributed by atoms with E-state index in [2.05, 4.69) is 32.1 Å². The fraction of sp³-hybridized carbons (Fsp3) is 0.474. The first-order chi connectivity index (χ1) is 13.0. The average molecular weight is 373 g/mol. The van der Waals surface area contributed by atoms with E-state index in [-0.39, 0.29) is 0 Å². The minimum absolute atomic E-state index is 0.558. The van der Waals surface area contributed by atoms with Crippen LogP contribution in [-0.2, 0) is 0 Å². The lowest BCUT2D eigenvalue weighted by atomic mass is 10.2. The molecule has 1 aliphatic rings. The van der Waals surface area contributed by atoms with Gasteiger partial charge in [0.2, 0.25) is 5.75 Å². The summed E-state index contributed by atoms with van der Waals surface area (Å²) in [6.45, 7) is 5.87. The van der Waals surface area contributed by atoms with Crippen LogP contribution < -0.4 is 24.4 Å². The summed E-state index contributed by atoms with van der Waals surface area (Å²) in [6.07, 6.45) is 0. The highest BCUT2D eigenvalue weighted by Crippen LogP contribution is 2.40. The number of rotatable bonds is 6. The number of likely N-dealkylation sites (N-methyl/N-ethyl adjacent to an activating group) is 1. The van der Waals surface area contributed by atoms with E-state index in [1.807, 2.05) is 25.1 Å². The van der Waals surface area contributed by atoms with Crippen molar-refractivity contribution in [2.75, 3.05) is 64.8 Å². The van der Waals surface area contributed by atoms with Gasteiger partial charge in [0.15, 0.2) is 11.5 Å². The SMILES string of the molecule is COc1cc(Nc2cc(N3CCN(C)CC3)nc(C)n2)cc(OC)c1OC. The molecule has 8 heteroatoms. The maximum atomic E-state index is 5.42. The largest absolute Gasteiger partial charge is 0.493 e. The van der Waals surface area contributed by atoms with Gasteiger partial charge in [-0.1, -0.05) is 0 Å². The molecule has 146 valence electrons. The lowest BCUT2D eigenvalue weighted by molar-refractivity contribution is 0.312. The Morgan fingerprint density at radius 1 is 0.889 bits per heavy atom. The molecule has 2 heterocycles. The zero-order chi connectivity index (χ0) is 19.4. The lowest BCUT2D eigenvalue weighted by Crippen LogP contribution is -2.44. The van der Waals surface area contributed by atoms with Crippen LogP contribution in [0.3, 0.4) is 0 Å². The van der Waals surface area contributed by atoms with Gasteiger partial charge in [-0.15, -0.1) is 0 Å². The highest BCUT2D eigenvalue weighted by Gasteiger charge is 2.17. The summed E-state index contributed by atoms with van der Waals surface area (Å²) in [4.78, 5) is 13.7. The lowest BCUT2D eigenvalue weighted by Gasteiger charge is -2.33. The first-order valence-corrected chi connectivity index (χ1v) is 8.90. The highest BCUT2D eigenvalue weighted by molar-refractivity contribution is 5.67. The van der Waals surface area contributed by atoms with Crippen molar-refractivity contribution in [2.45, 2.75) is 6.92 Å². The standard InChI is InChI=1S/C19H27N5O3/c1-13-20-17(12-18(21-13)24-8-6-23(2)7-9-24)22-14-10-15(25-3)19(27-5)16(11-14)26-4/h10-12H,6-9H2,1-5H3,(H,20,21,22). The van der Waals surface area contributed by atoms with Crippen molar-refractivity contribution < 1.29 is 14.2 Å². The number of ether oxygens (including phenoxy) is 3. The van der Waals surface area contributed by atoms with Gasteiger partial charge in [-0.05, 0) is 14.0 Å². The van der Waals surface area contributed by atoms with Crippen LogP contribution in [0.25, 0.3) is 0 Å². The van der Waals surface area contributed by atoms with Gasteiger partial charge in [-0.25, -0.2) is 9.97 Å². The number of nitrogens with zero attached hydrogens (tertiary/aromatic N) is 4. The molecule has 0 aliphatic carbocycles. The number of benzene rings is 1. The molecule has 2 aromatic rings. The number of nitrogens with one attached hydrogen (secondary N) is 1. The number of methoxy groups -OCH3 is 3. The maximum absolute atomic E-state index is 5.42. The zero-order valence-electron chi connectivity index (χ0n) is 16.6. The van der Waals surface area contributed by atoms with E-state index in [1.54, 1.807) is 21.3 Å². The van der Waals surface area contributed by atoms with Gasteiger partial charge in [0.1, 0.15) is 17.5 Å². The van der Waals surface area contributed by atoms with E-state index in [0.29, 0.717) is 17.2 Å². The normalized spacial score (nSPS) is 14.8. The van der Waals surface area contributed by atoms with E-state index in [9.17, 15) is 0 Å². The quantitative estimate of drug-likeness (QED) is 0.827. The summed E-state index contributed by atoms with van der Waals surface area (Å²) in [5.74, 6) is 4.12. The van der Waals surface area contributed by atoms with Gasteiger partial charge in [0.25, 0.3) is 0 Å². The molecule has 0 amide bonds. The minimum Gasteiger partial charge on any atom is -0.493 e. The number of hydrogen-bond donors (Lipinski definition) is 1. The second-order valence-electron chi connectivity index (χ2n) is 6.49. The summed E-state index contributed by atoms with van der Waals surface area (Å²) in [7, 11) is 6.92. The van der Waals surface area contributed by atoms with Gasteiger partial charge in [-0.3, -0.25) is 0 Å². The number of piperazine rings is 1. The fourth-order valence-electron chi connectivity index (χ4n) is 3.11. The van der Waals surface area contributed by atoms with Crippen LogP contribution in [0, 0.1) is 6.92 Å². The van der Waals surface area contributed by atoms with E-state index in [1.165, 1.54) is 0 Å². The first kappa shape index (κ1) is 19.0. The third-order valence-corrected chi connectivity index (χ3v) is 4.59. The van der Waals surface area contributed by atoms with Crippen LogP contribution in [0.1, 0.15) is 5.82 Å². The molecule has 27 heavy (non-hydrogen) atoms. The Labute approximate surface area is 160 Å². The van der Waals surface area contributed by atoms with E-state index < -0.39 is 0 Å². The predicted octanol–water partition coefficient (Wildman–Crippen LogP) is 2.31. The van der Waals surface area contributed by atoms with Gasteiger partial charge >= 0.3 is 0 Å². The Balaban J connectivity index is 1.87. The molecule has 0 atom stereocenters. The maximum Gasteiger partial charge on any atom is 0.203 e. The smallest absolute Gasteiger partial charge is 0.203 e. The van der Waals surface area contributed by atoms with Crippen LogP contribution in [-0.4, -0.2) is 69.4 Å². The monoisotopic (exact) mass is 373 g/mol. The summed E-state index contributed by atoms with van der Waals surface area (Å²) < 4.78 is 16.2. The van der Waals surface area contributed by atoms with Crippen molar-refractivity contribution in [3.8, 4) is 17.2 Å². The number of aromatic nitrogens is 2. The van der Waals surface area contributed by atoms with Crippen LogP contribution in [0.2, 0.25) is 0 Å². The van der Waals surface area contributed by atoms with Crippen molar-refractivity contribution in [1.82, 2.24) is 14.9 Å². The molecule has 0 unspecified atom stereocenters. The Hall–Kier alpha value is -2.74. The molecular formula is C19H27N5O3. The summed E-state index contributed by atoms with van der Waals surface area (Å²) >= 11 is 0. The van der Waals surface area contributed by atoms with Crippen LogP contribution >= 0.6 is 0 Å². The molecule has 1 N–H and O–H groups in total. The third-order valence-electron chi connectivity index (χ3n) is 4.59. The van der Waals surface area contributed by atoms with Crippen LogP contribution in [0.5, 0.6) is 17.2 Å². The summed E-state index contributed by atoms with van der Waals surface area (Å²) in [5.41, 5.74) is 0.798. The van der Waals surface area contributed by atoms with Crippen LogP contribution in [0.15, 0.2) is 18.2 Å². The van der Waals surface area contributed by atoms with Gasteiger partial charge < -0.3 is 29.3 Å². The van der Waals surface area contributed by atoms with Gasteiger partial charge in [-0.2, -0.15) is 0 Å². The van der Waals surface area contributed by atoms with E-state index >= 15 is 0 Å². The molecule has 0 spiro atoms. The molecule has 0 bridgehead atoms. The molecule has 0 radical (unpaired) electrons. The number of aryl methyl sites for hydroxylation is 1. The molecule has 1 aromatic carbocycles. The van der Waals surface area contributed by atoms with E-state index in [4.69, 9.17) is 14.2 Å². The summed E-state index contributed by atoms with van der Waals surface area (Å²) in [6, 6.07) is 5.68. The Bertz CT molecular complexity index is 766. The van der Waals surface area contributed by atoms with Crippen molar-refractivity contribution in [3.63, 3.8) is 0 Å². The molecule has 3 rings (SSSR count). The summed E-state index contributed by atoms with van der Waals surface area (Å²) in [5, 5.41) is 3.33. The predicted molar refractivity (Wildman–Crippen MR) is 106 cm³/mol. The van der Waals surface area contributed by atoms with Gasteiger partial charge in [0, 0.05) is 50.1 Å². The zero-order valence-corrected chi connectivity index (χ0v) is 16.6. The molecular weight excluding hydrogens is 346 g/mol. The fourth-order valence-corrected chi connectivity index (χ4v) is 3.11. The van der Waals surface area contributed by atoms with Crippen molar-refractivity contribution in [3.05, 3.63) is 24.0 Å². The Kier molecular flexibility index (Phi) is 5.85. The van der Waals surface area contributed by atoms with Crippen LogP contribution in [0.4, 0.5) is 17.3 Å². The minimum atomic E-state index is 0.558. The number of anilines is 3. The molecule has 1 fully saturated rings. The van der Waals surface area contributed by atoms with E-state index in [0.717, 1.165) is 49.3 Å². The Morgan fingerprint density at radius 2 is 1.52 bits per heavy atom. The third kappa shape index (κ3) is 4.33. The first-order valence-electron chi connectivity index (χ1n) is 8.90. The second-order valence-corrected chi connectivity index (χ2v) is 6.49. The average Bonchev–Trinajstić information content (AvgIpc) is 2.67. The molecule has 1 aromatic heterocycles. The van der Waals surface area contributed by atoms with Crippen molar-refractivity contribution >= 4 is 17.3 Å². The number of hydrogen-bond acceptors (Lipinski definition) is 8. The van der Waals surface area contributed by atoms with Crippen molar-refractivity contribution in [1.29, 1.82) is 0 Å². The second kappa shape index (κ2) is 8.30. The molecule has 0 saturated carbocycles. The molecule has 1 saturated heterocycles.